The van der Waals surface area contributed by atoms with Gasteiger partial charge in [-0.25, -0.2) is 8.78 Å². The molecule has 0 saturated carbocycles. The molecule has 0 atom stereocenters. The molecule has 0 N–H and O–H groups in total. The molecule has 3 aromatic carbocycles. The van der Waals surface area contributed by atoms with E-state index in [1.807, 2.05) is 61.1 Å². The van der Waals surface area contributed by atoms with E-state index >= 15 is 0 Å². The van der Waals surface area contributed by atoms with Crippen LogP contribution in [0.4, 0.5) is 8.78 Å². The van der Waals surface area contributed by atoms with E-state index in [1.165, 1.54) is 0 Å². The zero-order chi connectivity index (χ0) is 28.1. The maximum Gasteiger partial charge on any atom is 2.00 e. The van der Waals surface area contributed by atoms with Gasteiger partial charge in [0, 0.05) is 23.1 Å². The molecule has 0 amide bonds. The number of hydrogen-bond acceptors (Lipinski definition) is 3. The minimum atomic E-state index is -0.948. The van der Waals surface area contributed by atoms with Crippen molar-refractivity contribution in [2.75, 3.05) is 0 Å². The third kappa shape index (κ3) is 4.64. The summed E-state index contributed by atoms with van der Waals surface area (Å²) in [5.41, 5.74) is 5.29. The largest absolute Gasteiger partial charge is 2.00 e. The maximum atomic E-state index is 14.3. The van der Waals surface area contributed by atoms with E-state index in [1.54, 1.807) is 12.1 Å². The van der Waals surface area contributed by atoms with Crippen LogP contribution in [0, 0.1) is 24.0 Å². The van der Waals surface area contributed by atoms with E-state index in [9.17, 15) is 8.78 Å². The van der Waals surface area contributed by atoms with Gasteiger partial charge in [-0.1, -0.05) is 65.7 Å². The van der Waals surface area contributed by atoms with Crippen molar-refractivity contribution in [3.05, 3.63) is 139 Å². The minimum absolute atomic E-state index is 0. The smallest absolute Gasteiger partial charge is 0.364 e. The topological polar surface area (TPSA) is 48.5 Å². The second kappa shape index (κ2) is 10.7. The van der Waals surface area contributed by atoms with E-state index in [2.05, 4.69) is 69.1 Å². The molecule has 4 aromatic heterocycles. The van der Waals surface area contributed by atoms with Crippen LogP contribution < -0.4 is 0 Å². The van der Waals surface area contributed by atoms with Crippen LogP contribution in [0.3, 0.4) is 0 Å². The summed E-state index contributed by atoms with van der Waals surface area (Å²) in [5.74, 6) is -1.87. The molecule has 0 radical (unpaired) electrons. The molecular formula is C34H23F2N5Pt. The summed E-state index contributed by atoms with van der Waals surface area (Å²) in [7, 11) is 0. The third-order valence-electron chi connectivity index (χ3n) is 7.47. The van der Waals surface area contributed by atoms with Gasteiger partial charge in [-0.3, -0.25) is 9.67 Å². The third-order valence-corrected chi connectivity index (χ3v) is 7.47. The van der Waals surface area contributed by atoms with Crippen molar-refractivity contribution in [2.45, 2.75) is 19.3 Å². The fourth-order valence-corrected chi connectivity index (χ4v) is 5.28. The predicted octanol–water partition coefficient (Wildman–Crippen LogP) is 7.63. The van der Waals surface area contributed by atoms with Crippen LogP contribution in [0.25, 0.3) is 44.4 Å². The first kappa shape index (κ1) is 27.7. The van der Waals surface area contributed by atoms with E-state index < -0.39 is 17.3 Å². The standard InChI is InChI=1S/C34H23F2N5.Pt/c1-34(2,30-14-8-12-27(37-30)25-16-18-32(35)38-33(25)36)31-19-20-40(39-31)23-15-17-29-26(21-23)24-11-6-7-13-28(24)41(29)22-9-4-3-5-10-22;/h3-14,17-21H,1-2H3;/q-2;+2. The van der Waals surface area contributed by atoms with Crippen molar-refractivity contribution >= 4 is 21.8 Å². The molecule has 0 aliphatic heterocycles. The fraction of sp³-hybridized carbons (Fsp3) is 0.0882. The van der Waals surface area contributed by atoms with Gasteiger partial charge in [0.2, 0.25) is 0 Å². The average Bonchev–Trinajstić information content (AvgIpc) is 3.62. The zero-order valence-electron chi connectivity index (χ0n) is 22.6. The molecule has 0 fully saturated rings. The Morgan fingerprint density at radius 3 is 2.33 bits per heavy atom. The first-order chi connectivity index (χ1) is 19.9. The zero-order valence-corrected chi connectivity index (χ0v) is 24.9. The fourth-order valence-electron chi connectivity index (χ4n) is 5.28. The van der Waals surface area contributed by atoms with Crippen molar-refractivity contribution in [3.8, 4) is 22.6 Å². The van der Waals surface area contributed by atoms with Gasteiger partial charge >= 0.3 is 21.1 Å². The van der Waals surface area contributed by atoms with Gasteiger partial charge in [0.1, 0.15) is 11.9 Å². The van der Waals surface area contributed by atoms with Crippen LogP contribution in [0.15, 0.2) is 103 Å². The van der Waals surface area contributed by atoms with Gasteiger partial charge in [-0.2, -0.15) is 17.2 Å². The predicted molar refractivity (Wildman–Crippen MR) is 155 cm³/mol. The Hall–Kier alpha value is -4.48. The summed E-state index contributed by atoms with van der Waals surface area (Å²) < 4.78 is 31.7. The second-order valence-electron chi connectivity index (χ2n) is 10.4. The molecule has 7 rings (SSSR count). The maximum absolute atomic E-state index is 14.3. The first-order valence-corrected chi connectivity index (χ1v) is 13.2. The number of para-hydroxylation sites is 2. The van der Waals surface area contributed by atoms with Gasteiger partial charge in [0.05, 0.1) is 11.1 Å². The molecule has 0 unspecified atom stereocenters. The molecular weight excluding hydrogens is 711 g/mol. The molecule has 5 nitrogen and oxygen atoms in total. The van der Waals surface area contributed by atoms with Crippen molar-refractivity contribution < 1.29 is 29.8 Å². The van der Waals surface area contributed by atoms with Crippen LogP contribution in [0.2, 0.25) is 0 Å². The summed E-state index contributed by atoms with van der Waals surface area (Å²) >= 11 is 0. The number of aromatic nitrogens is 5. The Bertz CT molecular complexity index is 2060. The minimum Gasteiger partial charge on any atom is -0.364 e. The van der Waals surface area contributed by atoms with Crippen molar-refractivity contribution in [1.29, 1.82) is 0 Å². The van der Waals surface area contributed by atoms with E-state index in [-0.39, 0.29) is 26.6 Å². The molecule has 4 heterocycles. The molecule has 0 saturated heterocycles. The van der Waals surface area contributed by atoms with Crippen molar-refractivity contribution in [2.24, 2.45) is 0 Å². The molecule has 208 valence electrons. The van der Waals surface area contributed by atoms with Gasteiger partial charge in [-0.05, 0) is 60.9 Å². The first-order valence-electron chi connectivity index (χ1n) is 13.2. The number of pyridine rings is 2. The molecule has 0 aliphatic carbocycles. The number of rotatable bonds is 5. The molecule has 7 aromatic rings. The van der Waals surface area contributed by atoms with Gasteiger partial charge in [0.25, 0.3) is 0 Å². The normalized spacial score (nSPS) is 11.6. The van der Waals surface area contributed by atoms with E-state index in [0.717, 1.165) is 44.9 Å². The SMILES string of the molecule is CC(C)(c1cccc(-c2[c-]cc(F)nc2F)n1)c1ccn(-c2[c-]cc3c(c2)c2ccccc2n3-c2ccccc2)n1.[Pt+2]. The Morgan fingerprint density at radius 2 is 1.52 bits per heavy atom. The molecule has 42 heavy (non-hydrogen) atoms. The molecule has 0 spiro atoms. The number of halogens is 2. The van der Waals surface area contributed by atoms with Gasteiger partial charge < -0.3 is 9.55 Å². The average molecular weight is 735 g/mol. The quantitative estimate of drug-likeness (QED) is 0.135. The van der Waals surface area contributed by atoms with Crippen molar-refractivity contribution in [1.82, 2.24) is 24.3 Å². The Balaban J connectivity index is 0.00000316. The van der Waals surface area contributed by atoms with E-state index in [0.29, 0.717) is 11.4 Å². The number of fused-ring (bicyclic) bond motifs is 3. The Kier molecular flexibility index (Phi) is 7.07. The van der Waals surface area contributed by atoms with Crippen LogP contribution in [-0.2, 0) is 26.5 Å². The van der Waals surface area contributed by atoms with E-state index in [4.69, 9.17) is 5.10 Å². The van der Waals surface area contributed by atoms with Crippen LogP contribution in [-0.4, -0.2) is 24.3 Å². The number of benzene rings is 3. The van der Waals surface area contributed by atoms with Gasteiger partial charge in [0.15, 0.2) is 0 Å². The molecule has 0 bridgehead atoms. The van der Waals surface area contributed by atoms with Crippen LogP contribution in [0.5, 0.6) is 0 Å². The molecule has 0 aliphatic rings. The summed E-state index contributed by atoms with van der Waals surface area (Å²) in [5, 5.41) is 7.16. The summed E-state index contributed by atoms with van der Waals surface area (Å²) in [6.07, 6.45) is 1.91. The molecule has 8 heteroatoms. The van der Waals surface area contributed by atoms with Crippen molar-refractivity contribution in [3.63, 3.8) is 0 Å². The Morgan fingerprint density at radius 1 is 0.738 bits per heavy atom. The summed E-state index contributed by atoms with van der Waals surface area (Å²) in [6, 6.07) is 37.1. The summed E-state index contributed by atoms with van der Waals surface area (Å²) in [4.78, 5) is 7.95. The second-order valence-corrected chi connectivity index (χ2v) is 10.4. The van der Waals surface area contributed by atoms with Crippen LogP contribution in [0.1, 0.15) is 25.2 Å². The van der Waals surface area contributed by atoms with Gasteiger partial charge in [-0.15, -0.1) is 17.5 Å². The summed E-state index contributed by atoms with van der Waals surface area (Å²) in [6.45, 7) is 4.02. The number of hydrogen-bond donors (Lipinski definition) is 0. The Labute approximate surface area is 255 Å². The van der Waals surface area contributed by atoms with Crippen LogP contribution >= 0.6 is 0 Å². The number of nitrogens with zero attached hydrogens (tertiary/aromatic N) is 5. The monoisotopic (exact) mass is 734 g/mol.